The van der Waals surface area contributed by atoms with E-state index in [9.17, 15) is 18.0 Å². The molecule has 1 aliphatic rings. The largest absolute Gasteiger partial charge is 0.497 e. The summed E-state index contributed by atoms with van der Waals surface area (Å²) in [6.45, 7) is 0. The molecule has 1 aromatic heterocycles. The second-order valence-corrected chi connectivity index (χ2v) is 8.98. The highest BCUT2D eigenvalue weighted by Gasteiger charge is 2.38. The van der Waals surface area contributed by atoms with Gasteiger partial charge >= 0.3 is 12.1 Å². The van der Waals surface area contributed by atoms with E-state index in [0.29, 0.717) is 23.3 Å². The summed E-state index contributed by atoms with van der Waals surface area (Å²) in [6.07, 6.45) is -1.34. The van der Waals surface area contributed by atoms with Gasteiger partial charge in [0.05, 0.1) is 12.6 Å². The van der Waals surface area contributed by atoms with Crippen molar-refractivity contribution < 1.29 is 32.6 Å². The first-order valence-electron chi connectivity index (χ1n) is 11.9. The third-order valence-corrected chi connectivity index (χ3v) is 5.98. The molecule has 0 bridgehead atoms. The first-order chi connectivity index (χ1) is 18.0. The van der Waals surface area contributed by atoms with E-state index in [2.05, 4.69) is 10.6 Å². The van der Waals surface area contributed by atoms with E-state index < -0.39 is 12.1 Å². The fourth-order valence-electron chi connectivity index (χ4n) is 4.06. The topological polar surface area (TPSA) is 117 Å². The zero-order chi connectivity index (χ0) is 27.9. The minimum absolute atomic E-state index is 0.0520. The molecule has 1 aliphatic carbocycles. The van der Waals surface area contributed by atoms with Crippen molar-refractivity contribution in [2.75, 3.05) is 31.4 Å². The van der Waals surface area contributed by atoms with Gasteiger partial charge in [-0.15, -0.1) is 0 Å². The molecule has 1 fully saturated rings. The number of alkyl halides is 3. The number of halogens is 3. The van der Waals surface area contributed by atoms with Crippen LogP contribution in [0.15, 0.2) is 48.5 Å². The van der Waals surface area contributed by atoms with Gasteiger partial charge in [0, 0.05) is 37.1 Å². The van der Waals surface area contributed by atoms with E-state index in [1.807, 2.05) is 61.5 Å². The Labute approximate surface area is 218 Å². The Morgan fingerprint density at radius 1 is 1.00 bits per heavy atom. The number of ether oxygens (including phenoxy) is 1. The second kappa shape index (κ2) is 12.4. The average Bonchev–Trinajstić information content (AvgIpc) is 2.89. The number of hydrogen-bond acceptors (Lipinski definition) is 7. The van der Waals surface area contributed by atoms with Crippen LogP contribution in [0.25, 0.3) is 10.9 Å². The average molecular weight is 534 g/mol. The normalized spacial score (nSPS) is 17.1. The van der Waals surface area contributed by atoms with Crippen molar-refractivity contribution >= 4 is 34.5 Å². The molecule has 1 saturated carbocycles. The van der Waals surface area contributed by atoms with Gasteiger partial charge in [0.1, 0.15) is 11.6 Å². The lowest BCUT2D eigenvalue weighted by molar-refractivity contribution is -0.192. The van der Waals surface area contributed by atoms with Crippen molar-refractivity contribution in [1.82, 2.24) is 15.3 Å². The molecule has 3 aromatic rings. The number of rotatable bonds is 6. The SMILES string of the molecule is COc1cccc(C(=O)NC2CCC(Nc3nc(N(C)C)c4ccccc4n3)CC2)c1.O=C(O)C(F)(F)F. The maximum absolute atomic E-state index is 12.6. The van der Waals surface area contributed by atoms with Crippen molar-refractivity contribution in [2.24, 2.45) is 0 Å². The van der Waals surface area contributed by atoms with Crippen LogP contribution in [0, 0.1) is 0 Å². The molecule has 12 heteroatoms. The molecule has 0 aliphatic heterocycles. The predicted octanol–water partition coefficient (Wildman–Crippen LogP) is 4.49. The van der Waals surface area contributed by atoms with Gasteiger partial charge in [0.15, 0.2) is 0 Å². The van der Waals surface area contributed by atoms with Crippen LogP contribution in [0.5, 0.6) is 5.75 Å². The number of carbonyl (C=O) groups is 2. The number of aliphatic carboxylic acids is 1. The standard InChI is InChI=1S/C24H29N5O2.C2HF3O2/c1-29(2)22-20-9-4-5-10-21(20)27-24(28-22)26-18-13-11-17(12-14-18)25-23(30)16-7-6-8-19(15-16)31-3;3-2(4,5)1(6)7/h4-10,15,17-18H,11-14H2,1-3H3,(H,25,30)(H,26,27,28);(H,6,7). The zero-order valence-corrected chi connectivity index (χ0v) is 21.2. The van der Waals surface area contributed by atoms with Crippen molar-refractivity contribution in [3.05, 3.63) is 54.1 Å². The van der Waals surface area contributed by atoms with Gasteiger partial charge in [-0.1, -0.05) is 18.2 Å². The molecule has 1 amide bonds. The zero-order valence-electron chi connectivity index (χ0n) is 21.2. The first-order valence-corrected chi connectivity index (χ1v) is 11.9. The van der Waals surface area contributed by atoms with Crippen LogP contribution in [-0.4, -0.2) is 66.4 Å². The highest BCUT2D eigenvalue weighted by Crippen LogP contribution is 2.26. The third-order valence-electron chi connectivity index (χ3n) is 5.98. The van der Waals surface area contributed by atoms with E-state index in [-0.39, 0.29) is 11.9 Å². The summed E-state index contributed by atoms with van der Waals surface area (Å²) in [5.41, 5.74) is 1.56. The molecule has 38 heavy (non-hydrogen) atoms. The number of nitrogens with zero attached hydrogens (tertiary/aromatic N) is 3. The number of benzene rings is 2. The second-order valence-electron chi connectivity index (χ2n) is 8.98. The van der Waals surface area contributed by atoms with Crippen LogP contribution < -0.4 is 20.3 Å². The smallest absolute Gasteiger partial charge is 0.490 e. The molecule has 0 atom stereocenters. The molecule has 3 N–H and O–H groups in total. The summed E-state index contributed by atoms with van der Waals surface area (Å²) < 4.78 is 36.9. The van der Waals surface area contributed by atoms with Gasteiger partial charge < -0.3 is 25.4 Å². The van der Waals surface area contributed by atoms with Crippen molar-refractivity contribution in [3.8, 4) is 5.75 Å². The quantitative estimate of drug-likeness (QED) is 0.425. The van der Waals surface area contributed by atoms with E-state index in [1.165, 1.54) is 0 Å². The van der Waals surface area contributed by atoms with Gasteiger partial charge in [0.25, 0.3) is 5.91 Å². The number of amides is 1. The fourth-order valence-corrected chi connectivity index (χ4v) is 4.06. The molecule has 2 aromatic carbocycles. The number of carboxylic acids is 1. The Morgan fingerprint density at radius 3 is 2.24 bits per heavy atom. The van der Waals surface area contributed by atoms with Crippen molar-refractivity contribution in [1.29, 1.82) is 0 Å². The highest BCUT2D eigenvalue weighted by molar-refractivity contribution is 5.94. The van der Waals surface area contributed by atoms with Crippen LogP contribution >= 0.6 is 0 Å². The summed E-state index contributed by atoms with van der Waals surface area (Å²) in [4.78, 5) is 32.9. The lowest BCUT2D eigenvalue weighted by Gasteiger charge is -2.30. The number of methoxy groups -OCH3 is 1. The highest BCUT2D eigenvalue weighted by atomic mass is 19.4. The molecule has 9 nitrogen and oxygen atoms in total. The Bertz CT molecular complexity index is 1260. The summed E-state index contributed by atoms with van der Waals surface area (Å²) in [5.74, 6) is -0.553. The van der Waals surface area contributed by atoms with Crippen molar-refractivity contribution in [3.63, 3.8) is 0 Å². The molecular weight excluding hydrogens is 503 g/mol. The monoisotopic (exact) mass is 533 g/mol. The molecule has 0 radical (unpaired) electrons. The van der Waals surface area contributed by atoms with Gasteiger partial charge in [-0.05, 0) is 56.0 Å². The van der Waals surface area contributed by atoms with Gasteiger partial charge in [-0.3, -0.25) is 4.79 Å². The molecule has 0 unspecified atom stereocenters. The van der Waals surface area contributed by atoms with Crippen LogP contribution in [0.4, 0.5) is 24.9 Å². The van der Waals surface area contributed by atoms with Gasteiger partial charge in [-0.2, -0.15) is 18.2 Å². The van der Waals surface area contributed by atoms with Crippen LogP contribution in [0.2, 0.25) is 0 Å². The first kappa shape index (κ1) is 28.5. The van der Waals surface area contributed by atoms with Gasteiger partial charge in [0.2, 0.25) is 5.95 Å². The maximum Gasteiger partial charge on any atom is 0.490 e. The lowest BCUT2D eigenvalue weighted by atomic mass is 9.91. The lowest BCUT2D eigenvalue weighted by Crippen LogP contribution is -2.40. The Balaban J connectivity index is 0.000000505. The number of nitrogens with one attached hydrogen (secondary N) is 2. The molecular formula is C26H30F3N5O4. The molecule has 4 rings (SSSR count). The van der Waals surface area contributed by atoms with E-state index in [1.54, 1.807) is 13.2 Å². The molecule has 1 heterocycles. The Hall–Kier alpha value is -4.09. The van der Waals surface area contributed by atoms with E-state index in [4.69, 9.17) is 24.6 Å². The number of carboxylic acid groups (broad SMARTS) is 1. The fraction of sp³-hybridized carbons (Fsp3) is 0.385. The van der Waals surface area contributed by atoms with Crippen LogP contribution in [0.1, 0.15) is 36.0 Å². The molecule has 0 spiro atoms. The summed E-state index contributed by atoms with van der Waals surface area (Å²) in [5, 5.41) is 14.8. The summed E-state index contributed by atoms with van der Waals surface area (Å²) in [7, 11) is 5.59. The van der Waals surface area contributed by atoms with E-state index >= 15 is 0 Å². The number of carbonyl (C=O) groups excluding carboxylic acids is 1. The Morgan fingerprint density at radius 2 is 1.63 bits per heavy atom. The minimum Gasteiger partial charge on any atom is -0.497 e. The predicted molar refractivity (Wildman–Crippen MR) is 138 cm³/mol. The van der Waals surface area contributed by atoms with Crippen LogP contribution in [-0.2, 0) is 4.79 Å². The third kappa shape index (κ3) is 7.70. The summed E-state index contributed by atoms with van der Waals surface area (Å²) in [6, 6.07) is 15.8. The van der Waals surface area contributed by atoms with Gasteiger partial charge in [-0.25, -0.2) is 9.78 Å². The molecule has 0 saturated heterocycles. The number of anilines is 2. The number of hydrogen-bond donors (Lipinski definition) is 3. The number of fused-ring (bicyclic) bond motifs is 1. The van der Waals surface area contributed by atoms with Crippen molar-refractivity contribution in [2.45, 2.75) is 43.9 Å². The number of para-hydroxylation sites is 1. The minimum atomic E-state index is -5.08. The Kier molecular flexibility index (Phi) is 9.32. The maximum atomic E-state index is 12.6. The molecule has 204 valence electrons. The van der Waals surface area contributed by atoms with E-state index in [0.717, 1.165) is 42.4 Å². The number of aromatic nitrogens is 2. The summed E-state index contributed by atoms with van der Waals surface area (Å²) >= 11 is 0. The van der Waals surface area contributed by atoms with Crippen LogP contribution in [0.3, 0.4) is 0 Å².